The largest absolute Gasteiger partial charge is 0.369 e. The highest BCUT2D eigenvalue weighted by Crippen LogP contribution is 2.15. The average molecular weight is 305 g/mol. The van der Waals surface area contributed by atoms with Crippen LogP contribution in [0.4, 0.5) is 4.39 Å². The molecule has 6 heteroatoms. The molecule has 1 amide bonds. The van der Waals surface area contributed by atoms with Gasteiger partial charge in [-0.3, -0.25) is 4.79 Å². The minimum absolute atomic E-state index is 0.177. The lowest BCUT2D eigenvalue weighted by Crippen LogP contribution is -2.35. The third kappa shape index (κ3) is 3.92. The van der Waals surface area contributed by atoms with Crippen LogP contribution in [0.1, 0.15) is 25.8 Å². The van der Waals surface area contributed by atoms with Gasteiger partial charge >= 0.3 is 0 Å². The number of nitrogens with one attached hydrogen (secondary N) is 1. The maximum absolute atomic E-state index is 14.1. The molecule has 0 spiro atoms. The van der Waals surface area contributed by atoms with Crippen LogP contribution < -0.4 is 5.32 Å². The number of benzene rings is 1. The summed E-state index contributed by atoms with van der Waals surface area (Å²) in [7, 11) is 0. The Morgan fingerprint density at radius 2 is 2.27 bits per heavy atom. The predicted molar refractivity (Wildman–Crippen MR) is 81.1 cm³/mol. The van der Waals surface area contributed by atoms with E-state index in [0.29, 0.717) is 24.3 Å². The highest BCUT2D eigenvalue weighted by molar-refractivity contribution is 5.80. The van der Waals surface area contributed by atoms with E-state index in [2.05, 4.69) is 10.3 Å². The number of nitrogens with zero attached hydrogens (tertiary/aromatic N) is 2. The molecule has 1 aromatic heterocycles. The van der Waals surface area contributed by atoms with Crippen LogP contribution >= 0.6 is 0 Å². The molecule has 0 aliphatic rings. The first-order valence-corrected chi connectivity index (χ1v) is 7.31. The summed E-state index contributed by atoms with van der Waals surface area (Å²) >= 11 is 0. The van der Waals surface area contributed by atoms with E-state index >= 15 is 0 Å². The maximum atomic E-state index is 14.1. The summed E-state index contributed by atoms with van der Waals surface area (Å²) in [5.41, 5.74) is 1.12. The van der Waals surface area contributed by atoms with Gasteiger partial charge < -0.3 is 14.6 Å². The number of rotatable bonds is 7. The summed E-state index contributed by atoms with van der Waals surface area (Å²) < 4.78 is 21.0. The van der Waals surface area contributed by atoms with Gasteiger partial charge in [0.05, 0.1) is 12.0 Å². The lowest BCUT2D eigenvalue weighted by molar-refractivity contribution is -0.132. The van der Waals surface area contributed by atoms with Gasteiger partial charge in [0.2, 0.25) is 5.91 Å². The molecule has 2 rings (SSSR count). The van der Waals surface area contributed by atoms with Crippen molar-refractivity contribution in [1.29, 1.82) is 0 Å². The summed E-state index contributed by atoms with van der Waals surface area (Å²) in [6.45, 7) is 4.49. The van der Waals surface area contributed by atoms with Gasteiger partial charge in [-0.1, -0.05) is 13.0 Å². The Morgan fingerprint density at radius 1 is 1.45 bits per heavy atom. The summed E-state index contributed by atoms with van der Waals surface area (Å²) in [4.78, 5) is 15.8. The first-order chi connectivity index (χ1) is 10.7. The maximum Gasteiger partial charge on any atom is 0.249 e. The molecule has 0 aliphatic heterocycles. The van der Waals surface area contributed by atoms with Crippen LogP contribution in [0, 0.1) is 5.82 Å². The summed E-state index contributed by atoms with van der Waals surface area (Å²) in [5, 5.41) is 2.77. The molecule has 0 fully saturated rings. The van der Waals surface area contributed by atoms with Crippen molar-refractivity contribution in [1.82, 2.24) is 14.9 Å². The lowest BCUT2D eigenvalue weighted by Gasteiger charge is -2.15. The van der Waals surface area contributed by atoms with Crippen LogP contribution in [0.2, 0.25) is 0 Å². The molecule has 0 unspecified atom stereocenters. The van der Waals surface area contributed by atoms with Gasteiger partial charge in [-0.2, -0.15) is 0 Å². The number of carbonyl (C=O) groups is 1. The molecule has 0 radical (unpaired) electrons. The highest BCUT2D eigenvalue weighted by Gasteiger charge is 2.16. The predicted octanol–water partition coefficient (Wildman–Crippen LogP) is 2.44. The van der Waals surface area contributed by atoms with Gasteiger partial charge in [0.25, 0.3) is 0 Å². The van der Waals surface area contributed by atoms with E-state index in [-0.39, 0.29) is 18.3 Å². The SMILES string of the molecule is CCO[C@H](CC)C(=O)NCc1ccc(-n2ccnc2)c(F)c1. The number of hydrogen-bond acceptors (Lipinski definition) is 3. The Morgan fingerprint density at radius 3 is 2.86 bits per heavy atom. The molecular weight excluding hydrogens is 285 g/mol. The van der Waals surface area contributed by atoms with E-state index in [9.17, 15) is 9.18 Å². The zero-order chi connectivity index (χ0) is 15.9. The summed E-state index contributed by atoms with van der Waals surface area (Å²) in [5.74, 6) is -0.537. The molecule has 118 valence electrons. The van der Waals surface area contributed by atoms with Crippen molar-refractivity contribution in [2.75, 3.05) is 6.61 Å². The second kappa shape index (κ2) is 7.70. The minimum Gasteiger partial charge on any atom is -0.369 e. The van der Waals surface area contributed by atoms with E-state index in [4.69, 9.17) is 4.74 Å². The number of ether oxygens (including phenoxy) is 1. The van der Waals surface area contributed by atoms with Crippen LogP contribution in [0.3, 0.4) is 0 Å². The van der Waals surface area contributed by atoms with Crippen molar-refractivity contribution in [2.24, 2.45) is 0 Å². The van der Waals surface area contributed by atoms with E-state index in [1.54, 1.807) is 29.1 Å². The number of halogens is 1. The van der Waals surface area contributed by atoms with Gasteiger partial charge in [0.15, 0.2) is 0 Å². The third-order valence-corrected chi connectivity index (χ3v) is 3.29. The van der Waals surface area contributed by atoms with Gasteiger partial charge in [0, 0.05) is 25.5 Å². The van der Waals surface area contributed by atoms with Crippen molar-refractivity contribution in [3.63, 3.8) is 0 Å². The Balaban J connectivity index is 1.99. The molecular formula is C16H20FN3O2. The fourth-order valence-electron chi connectivity index (χ4n) is 2.15. The fourth-order valence-corrected chi connectivity index (χ4v) is 2.15. The lowest BCUT2D eigenvalue weighted by atomic mass is 10.2. The monoisotopic (exact) mass is 305 g/mol. The quantitative estimate of drug-likeness (QED) is 0.855. The van der Waals surface area contributed by atoms with E-state index in [1.807, 2.05) is 13.8 Å². The Kier molecular flexibility index (Phi) is 5.66. The number of imidazole rings is 1. The van der Waals surface area contributed by atoms with E-state index in [1.165, 1.54) is 12.4 Å². The summed E-state index contributed by atoms with van der Waals surface area (Å²) in [6, 6.07) is 4.86. The van der Waals surface area contributed by atoms with Gasteiger partial charge in [-0.25, -0.2) is 9.37 Å². The molecule has 5 nitrogen and oxygen atoms in total. The standard InChI is InChI=1S/C16H20FN3O2/c1-3-15(22-4-2)16(21)19-10-12-5-6-14(13(17)9-12)20-8-7-18-11-20/h5-9,11,15H,3-4,10H2,1-2H3,(H,19,21)/t15-/m1/s1. The molecule has 22 heavy (non-hydrogen) atoms. The second-order valence-corrected chi connectivity index (χ2v) is 4.83. The minimum atomic E-state index is -0.458. The van der Waals surface area contributed by atoms with Crippen molar-refractivity contribution >= 4 is 5.91 Å². The molecule has 1 N–H and O–H groups in total. The average Bonchev–Trinajstić information content (AvgIpc) is 3.04. The first-order valence-electron chi connectivity index (χ1n) is 7.31. The highest BCUT2D eigenvalue weighted by atomic mass is 19.1. The molecule has 0 saturated carbocycles. The van der Waals surface area contributed by atoms with Crippen LogP contribution in [0.25, 0.3) is 5.69 Å². The van der Waals surface area contributed by atoms with E-state index < -0.39 is 6.10 Å². The smallest absolute Gasteiger partial charge is 0.249 e. The van der Waals surface area contributed by atoms with Gasteiger partial charge in [-0.15, -0.1) is 0 Å². The van der Waals surface area contributed by atoms with Crippen molar-refractivity contribution in [3.05, 3.63) is 48.3 Å². The third-order valence-electron chi connectivity index (χ3n) is 3.29. The molecule has 0 saturated heterocycles. The van der Waals surface area contributed by atoms with Crippen LogP contribution in [0.5, 0.6) is 0 Å². The number of amides is 1. The van der Waals surface area contributed by atoms with Crippen molar-refractivity contribution < 1.29 is 13.9 Å². The second-order valence-electron chi connectivity index (χ2n) is 4.83. The Bertz CT molecular complexity index is 614. The van der Waals surface area contributed by atoms with Crippen LogP contribution in [-0.4, -0.2) is 28.2 Å². The van der Waals surface area contributed by atoms with Crippen LogP contribution in [0.15, 0.2) is 36.9 Å². The van der Waals surface area contributed by atoms with Crippen molar-refractivity contribution in [2.45, 2.75) is 32.9 Å². The number of aromatic nitrogens is 2. The van der Waals surface area contributed by atoms with Crippen molar-refractivity contribution in [3.8, 4) is 5.69 Å². The normalized spacial score (nSPS) is 12.1. The topological polar surface area (TPSA) is 56.1 Å². The van der Waals surface area contributed by atoms with E-state index in [0.717, 1.165) is 0 Å². The zero-order valence-corrected chi connectivity index (χ0v) is 12.8. The molecule has 0 bridgehead atoms. The molecule has 1 aromatic carbocycles. The zero-order valence-electron chi connectivity index (χ0n) is 12.8. The Labute approximate surface area is 129 Å². The number of hydrogen-bond donors (Lipinski definition) is 1. The molecule has 1 heterocycles. The molecule has 2 aromatic rings. The molecule has 0 aliphatic carbocycles. The van der Waals surface area contributed by atoms with Crippen LogP contribution in [-0.2, 0) is 16.1 Å². The number of carbonyl (C=O) groups excluding carboxylic acids is 1. The molecule has 1 atom stereocenters. The van der Waals surface area contributed by atoms with Gasteiger partial charge in [0.1, 0.15) is 11.9 Å². The fraction of sp³-hybridized carbons (Fsp3) is 0.375. The summed E-state index contributed by atoms with van der Waals surface area (Å²) in [6.07, 6.45) is 4.95. The first kappa shape index (κ1) is 16.2. The van der Waals surface area contributed by atoms with Gasteiger partial charge in [-0.05, 0) is 31.0 Å². The Hall–Kier alpha value is -2.21.